The van der Waals surface area contributed by atoms with Gasteiger partial charge in [0.25, 0.3) is 11.5 Å². The number of aromatic hydroxyl groups is 1. The average Bonchev–Trinajstić information content (AvgIpc) is 2.72. The van der Waals surface area contributed by atoms with Gasteiger partial charge in [0.2, 0.25) is 0 Å². The number of hydrogen-bond donors (Lipinski definition) is 2. The van der Waals surface area contributed by atoms with Gasteiger partial charge in [0.05, 0.1) is 11.2 Å². The summed E-state index contributed by atoms with van der Waals surface area (Å²) in [7, 11) is 0. The molecule has 0 saturated carbocycles. The highest BCUT2D eigenvalue weighted by atomic mass is 19.1. The fourth-order valence-electron chi connectivity index (χ4n) is 3.44. The number of benzene rings is 2. The number of unbranched alkanes of at least 4 members (excludes halogenated alkanes) is 4. The Morgan fingerprint density at radius 3 is 2.48 bits per heavy atom. The summed E-state index contributed by atoms with van der Waals surface area (Å²) in [5, 5.41) is 13.5. The Bertz CT molecular complexity index is 1080. The molecule has 5 nitrogen and oxygen atoms in total. The van der Waals surface area contributed by atoms with Crippen LogP contribution in [0.15, 0.2) is 53.3 Å². The van der Waals surface area contributed by atoms with E-state index in [2.05, 4.69) is 12.2 Å². The molecule has 1 aromatic heterocycles. The van der Waals surface area contributed by atoms with Crippen molar-refractivity contribution in [3.63, 3.8) is 0 Å². The van der Waals surface area contributed by atoms with Gasteiger partial charge >= 0.3 is 0 Å². The molecule has 0 fully saturated rings. The van der Waals surface area contributed by atoms with Crippen LogP contribution in [-0.4, -0.2) is 15.6 Å². The van der Waals surface area contributed by atoms with Gasteiger partial charge in [-0.25, -0.2) is 4.39 Å². The van der Waals surface area contributed by atoms with Crippen LogP contribution in [-0.2, 0) is 6.54 Å². The molecule has 1 amide bonds. The third kappa shape index (κ3) is 4.47. The molecule has 0 unspecified atom stereocenters. The van der Waals surface area contributed by atoms with Gasteiger partial charge < -0.3 is 15.0 Å². The first-order chi connectivity index (χ1) is 14.0. The molecule has 6 heteroatoms. The molecule has 2 N–H and O–H groups in total. The maximum Gasteiger partial charge on any atom is 0.267 e. The zero-order chi connectivity index (χ0) is 20.8. The van der Waals surface area contributed by atoms with E-state index in [4.69, 9.17) is 0 Å². The number of amides is 1. The predicted octanol–water partition coefficient (Wildman–Crippen LogP) is 5.07. The van der Waals surface area contributed by atoms with Crippen LogP contribution >= 0.6 is 0 Å². The van der Waals surface area contributed by atoms with Crippen LogP contribution in [0, 0.1) is 5.82 Å². The van der Waals surface area contributed by atoms with E-state index in [0.29, 0.717) is 17.4 Å². The molecule has 29 heavy (non-hydrogen) atoms. The lowest BCUT2D eigenvalue weighted by molar-refractivity contribution is 0.102. The Morgan fingerprint density at radius 2 is 1.72 bits per heavy atom. The second-order valence-electron chi connectivity index (χ2n) is 7.05. The standard InChI is InChI=1S/C23H25FN2O3/c1-2-3-4-5-10-15-26-19-14-9-6-11-16(19)21(27)20(23(26)29)22(28)25-18-13-8-7-12-17(18)24/h6-9,11-14,27H,2-5,10,15H2,1H3,(H,25,28). The second-order valence-corrected chi connectivity index (χ2v) is 7.05. The van der Waals surface area contributed by atoms with Crippen molar-refractivity contribution in [1.82, 2.24) is 4.57 Å². The van der Waals surface area contributed by atoms with Crippen molar-refractivity contribution >= 4 is 22.5 Å². The minimum absolute atomic E-state index is 0.0458. The van der Waals surface area contributed by atoms with Crippen LogP contribution in [0.25, 0.3) is 10.9 Å². The number of anilines is 1. The zero-order valence-electron chi connectivity index (χ0n) is 16.5. The number of nitrogens with one attached hydrogen (secondary N) is 1. The van der Waals surface area contributed by atoms with Gasteiger partial charge in [0.1, 0.15) is 17.1 Å². The van der Waals surface area contributed by atoms with Crippen molar-refractivity contribution in [2.24, 2.45) is 0 Å². The van der Waals surface area contributed by atoms with Crippen molar-refractivity contribution in [2.75, 3.05) is 5.32 Å². The van der Waals surface area contributed by atoms with Crippen LogP contribution in [0.1, 0.15) is 49.4 Å². The number of rotatable bonds is 8. The maximum atomic E-state index is 13.9. The molecule has 152 valence electrons. The molecule has 0 saturated heterocycles. The number of nitrogens with zero attached hydrogens (tertiary/aromatic N) is 1. The minimum atomic E-state index is -0.830. The highest BCUT2D eigenvalue weighted by Gasteiger charge is 2.22. The molecule has 1 heterocycles. The first-order valence-electron chi connectivity index (χ1n) is 9.95. The van der Waals surface area contributed by atoms with Gasteiger partial charge in [-0.15, -0.1) is 0 Å². The summed E-state index contributed by atoms with van der Waals surface area (Å²) in [6.07, 6.45) is 5.13. The average molecular weight is 396 g/mol. The summed E-state index contributed by atoms with van der Waals surface area (Å²) in [5.74, 6) is -1.83. The first-order valence-corrected chi connectivity index (χ1v) is 9.95. The Labute approximate surface area is 168 Å². The molecule has 0 spiro atoms. The van der Waals surface area contributed by atoms with Crippen molar-refractivity contribution in [1.29, 1.82) is 0 Å². The van der Waals surface area contributed by atoms with E-state index >= 15 is 0 Å². The summed E-state index contributed by atoms with van der Waals surface area (Å²) >= 11 is 0. The van der Waals surface area contributed by atoms with Crippen LogP contribution in [0.3, 0.4) is 0 Å². The van der Waals surface area contributed by atoms with E-state index in [1.807, 2.05) is 0 Å². The number of para-hydroxylation sites is 2. The first kappa shape index (κ1) is 20.6. The summed E-state index contributed by atoms with van der Waals surface area (Å²) in [5.41, 5.74) is -0.422. The number of fused-ring (bicyclic) bond motifs is 1. The maximum absolute atomic E-state index is 13.9. The van der Waals surface area contributed by atoms with Crippen molar-refractivity contribution in [3.05, 3.63) is 70.3 Å². The third-order valence-corrected chi connectivity index (χ3v) is 4.98. The van der Waals surface area contributed by atoms with Crippen molar-refractivity contribution < 1.29 is 14.3 Å². The van der Waals surface area contributed by atoms with E-state index in [-0.39, 0.29) is 17.0 Å². The number of carbonyl (C=O) groups is 1. The van der Waals surface area contributed by atoms with E-state index in [0.717, 1.165) is 32.1 Å². The van der Waals surface area contributed by atoms with Crippen LogP contribution in [0.4, 0.5) is 10.1 Å². The smallest absolute Gasteiger partial charge is 0.267 e. The second kappa shape index (κ2) is 9.37. The number of hydrogen-bond acceptors (Lipinski definition) is 3. The van der Waals surface area contributed by atoms with Crippen LogP contribution in [0.2, 0.25) is 0 Å². The molecular formula is C23H25FN2O3. The number of aryl methyl sites for hydroxylation is 1. The van der Waals surface area contributed by atoms with E-state index < -0.39 is 17.3 Å². The van der Waals surface area contributed by atoms with Gasteiger partial charge in [-0.3, -0.25) is 9.59 Å². The fraction of sp³-hybridized carbons (Fsp3) is 0.304. The topological polar surface area (TPSA) is 71.3 Å². The summed E-state index contributed by atoms with van der Waals surface area (Å²) in [6, 6.07) is 12.6. The molecule has 3 rings (SSSR count). The number of carbonyl (C=O) groups excluding carboxylic acids is 1. The number of aromatic nitrogens is 1. The minimum Gasteiger partial charge on any atom is -0.506 e. The molecule has 3 aromatic rings. The Morgan fingerprint density at radius 1 is 1.03 bits per heavy atom. The third-order valence-electron chi connectivity index (χ3n) is 4.98. The molecule has 0 aliphatic carbocycles. The Balaban J connectivity index is 1.99. The lowest BCUT2D eigenvalue weighted by atomic mass is 10.1. The highest BCUT2D eigenvalue weighted by Crippen LogP contribution is 2.27. The van der Waals surface area contributed by atoms with Crippen molar-refractivity contribution in [2.45, 2.75) is 45.6 Å². The van der Waals surface area contributed by atoms with Crippen LogP contribution < -0.4 is 10.9 Å². The van der Waals surface area contributed by atoms with Crippen molar-refractivity contribution in [3.8, 4) is 5.75 Å². The SMILES string of the molecule is CCCCCCCn1c(=O)c(C(=O)Nc2ccccc2F)c(O)c2ccccc21. The normalized spacial score (nSPS) is 11.0. The summed E-state index contributed by atoms with van der Waals surface area (Å²) in [4.78, 5) is 25.9. The van der Waals surface area contributed by atoms with E-state index in [1.165, 1.54) is 22.8 Å². The Hall–Kier alpha value is -3.15. The summed E-state index contributed by atoms with van der Waals surface area (Å²) < 4.78 is 15.4. The Kier molecular flexibility index (Phi) is 6.65. The lowest BCUT2D eigenvalue weighted by Crippen LogP contribution is -2.30. The quantitative estimate of drug-likeness (QED) is 0.522. The van der Waals surface area contributed by atoms with E-state index in [9.17, 15) is 19.1 Å². The lowest BCUT2D eigenvalue weighted by Gasteiger charge is -2.15. The monoisotopic (exact) mass is 396 g/mol. The molecular weight excluding hydrogens is 371 g/mol. The van der Waals surface area contributed by atoms with Gasteiger partial charge in [-0.05, 0) is 30.7 Å². The van der Waals surface area contributed by atoms with Gasteiger partial charge in [0, 0.05) is 11.9 Å². The molecule has 0 aliphatic rings. The van der Waals surface area contributed by atoms with Gasteiger partial charge in [-0.1, -0.05) is 56.9 Å². The molecule has 0 bridgehead atoms. The molecule has 0 radical (unpaired) electrons. The van der Waals surface area contributed by atoms with Crippen LogP contribution in [0.5, 0.6) is 5.75 Å². The van der Waals surface area contributed by atoms with E-state index in [1.54, 1.807) is 30.3 Å². The van der Waals surface area contributed by atoms with Gasteiger partial charge in [-0.2, -0.15) is 0 Å². The summed E-state index contributed by atoms with van der Waals surface area (Å²) in [6.45, 7) is 2.59. The highest BCUT2D eigenvalue weighted by molar-refractivity contribution is 6.09. The fourth-order valence-corrected chi connectivity index (χ4v) is 3.44. The van der Waals surface area contributed by atoms with Gasteiger partial charge in [0.15, 0.2) is 0 Å². The largest absolute Gasteiger partial charge is 0.506 e. The molecule has 0 aliphatic heterocycles. The predicted molar refractivity (Wildman–Crippen MR) is 113 cm³/mol. The molecule has 0 atom stereocenters. The number of halogens is 1. The number of pyridine rings is 1. The molecule has 2 aromatic carbocycles. The zero-order valence-corrected chi connectivity index (χ0v) is 16.5.